The Hall–Kier alpha value is -0.970. The highest BCUT2D eigenvalue weighted by molar-refractivity contribution is 5.26. The van der Waals surface area contributed by atoms with Gasteiger partial charge in [-0.05, 0) is 30.5 Å². The molecule has 19 heavy (non-hydrogen) atoms. The van der Waals surface area contributed by atoms with E-state index < -0.39 is 0 Å². The Labute approximate surface area is 113 Å². The number of hydrogen-bond acceptors (Lipinski definition) is 3. The van der Waals surface area contributed by atoms with Gasteiger partial charge in [0.2, 0.25) is 0 Å². The van der Waals surface area contributed by atoms with Gasteiger partial charge >= 0.3 is 0 Å². The Morgan fingerprint density at radius 1 is 1.05 bits per heavy atom. The van der Waals surface area contributed by atoms with Gasteiger partial charge in [0.15, 0.2) is 0 Å². The van der Waals surface area contributed by atoms with Crippen LogP contribution in [0, 0.1) is 5.82 Å². The zero-order valence-corrected chi connectivity index (χ0v) is 11.2. The number of benzene rings is 1. The van der Waals surface area contributed by atoms with E-state index >= 15 is 0 Å². The lowest BCUT2D eigenvalue weighted by Gasteiger charge is -2.48. The van der Waals surface area contributed by atoms with Crippen LogP contribution in [-0.2, 0) is 10.3 Å². The summed E-state index contributed by atoms with van der Waals surface area (Å²) >= 11 is 0. The lowest BCUT2D eigenvalue weighted by molar-refractivity contribution is -0.0373. The number of nitrogens with one attached hydrogen (secondary N) is 1. The largest absolute Gasteiger partial charge is 0.381 e. The van der Waals surface area contributed by atoms with Crippen LogP contribution < -0.4 is 5.32 Å². The molecule has 0 radical (unpaired) electrons. The molecule has 1 aromatic rings. The van der Waals surface area contributed by atoms with Gasteiger partial charge in [-0.25, -0.2) is 4.39 Å². The lowest BCUT2D eigenvalue weighted by atomic mass is 9.80. The summed E-state index contributed by atoms with van der Waals surface area (Å²) in [6.45, 7) is 5.75. The number of nitrogens with zero attached hydrogens (tertiary/aromatic N) is 1. The molecule has 0 bridgehead atoms. The van der Waals surface area contributed by atoms with Gasteiger partial charge in [-0.15, -0.1) is 0 Å². The number of piperazine rings is 1. The Bertz CT molecular complexity index is 409. The molecule has 1 N–H and O–H groups in total. The van der Waals surface area contributed by atoms with Gasteiger partial charge in [-0.3, -0.25) is 4.90 Å². The summed E-state index contributed by atoms with van der Waals surface area (Å²) in [5.41, 5.74) is 1.27. The molecule has 0 unspecified atom stereocenters. The minimum Gasteiger partial charge on any atom is -0.381 e. The van der Waals surface area contributed by atoms with Crippen LogP contribution in [0.5, 0.6) is 0 Å². The third-order valence-corrected chi connectivity index (χ3v) is 4.42. The molecule has 0 amide bonds. The molecule has 0 aliphatic carbocycles. The first-order chi connectivity index (χ1) is 9.31. The maximum Gasteiger partial charge on any atom is 0.123 e. The molecule has 0 atom stereocenters. The fourth-order valence-corrected chi connectivity index (χ4v) is 3.35. The van der Waals surface area contributed by atoms with Crippen molar-refractivity contribution in [2.45, 2.75) is 18.4 Å². The summed E-state index contributed by atoms with van der Waals surface area (Å²) in [7, 11) is 0. The fraction of sp³-hybridized carbons (Fsp3) is 0.600. The van der Waals surface area contributed by atoms with Crippen molar-refractivity contribution in [1.29, 1.82) is 0 Å². The van der Waals surface area contributed by atoms with E-state index in [0.717, 1.165) is 52.2 Å². The molecule has 0 spiro atoms. The van der Waals surface area contributed by atoms with Gasteiger partial charge in [-0.2, -0.15) is 0 Å². The molecule has 3 nitrogen and oxygen atoms in total. The van der Waals surface area contributed by atoms with Gasteiger partial charge in [0.1, 0.15) is 5.82 Å². The van der Waals surface area contributed by atoms with Crippen LogP contribution in [0.15, 0.2) is 24.3 Å². The van der Waals surface area contributed by atoms with Crippen LogP contribution in [0.2, 0.25) is 0 Å². The van der Waals surface area contributed by atoms with Crippen molar-refractivity contribution in [3.63, 3.8) is 0 Å². The molecule has 3 rings (SSSR count). The van der Waals surface area contributed by atoms with Crippen molar-refractivity contribution in [2.24, 2.45) is 0 Å². The first kappa shape index (κ1) is 13.0. The number of halogens is 1. The second-order valence-corrected chi connectivity index (χ2v) is 5.39. The molecular weight excluding hydrogens is 243 g/mol. The van der Waals surface area contributed by atoms with Crippen LogP contribution in [0.25, 0.3) is 0 Å². The zero-order chi connectivity index (χ0) is 13.1. The van der Waals surface area contributed by atoms with Gasteiger partial charge < -0.3 is 10.1 Å². The highest BCUT2D eigenvalue weighted by atomic mass is 19.1. The van der Waals surface area contributed by atoms with E-state index in [4.69, 9.17) is 4.74 Å². The van der Waals surface area contributed by atoms with Gasteiger partial charge in [0.05, 0.1) is 5.54 Å². The first-order valence-electron chi connectivity index (χ1n) is 7.11. The number of rotatable bonds is 2. The Balaban J connectivity index is 1.93. The van der Waals surface area contributed by atoms with E-state index in [9.17, 15) is 4.39 Å². The van der Waals surface area contributed by atoms with E-state index in [1.807, 2.05) is 12.1 Å². The summed E-state index contributed by atoms with van der Waals surface area (Å²) in [6.07, 6.45) is 2.00. The predicted octanol–water partition coefficient (Wildman–Crippen LogP) is 1.74. The van der Waals surface area contributed by atoms with Crippen molar-refractivity contribution in [3.8, 4) is 0 Å². The van der Waals surface area contributed by atoms with Crippen molar-refractivity contribution in [2.75, 3.05) is 39.4 Å². The molecule has 2 heterocycles. The molecule has 2 saturated heterocycles. The highest BCUT2D eigenvalue weighted by Crippen LogP contribution is 2.38. The molecular formula is C15H21FN2O. The molecule has 0 aromatic heterocycles. The second kappa shape index (κ2) is 5.57. The standard InChI is InChI=1S/C15H21FN2O/c16-14-3-1-13(2-4-14)15(5-11-19-12-6-15)18-9-7-17-8-10-18/h1-4,17H,5-12H2. The number of ether oxygens (including phenoxy) is 1. The average Bonchev–Trinajstić information content (AvgIpc) is 2.49. The highest BCUT2D eigenvalue weighted by Gasteiger charge is 2.40. The molecule has 104 valence electrons. The van der Waals surface area contributed by atoms with Gasteiger partial charge in [0, 0.05) is 39.4 Å². The Morgan fingerprint density at radius 3 is 2.32 bits per heavy atom. The van der Waals surface area contributed by atoms with E-state index in [0.29, 0.717) is 0 Å². The van der Waals surface area contributed by atoms with Crippen LogP contribution in [0.3, 0.4) is 0 Å². The van der Waals surface area contributed by atoms with E-state index in [-0.39, 0.29) is 11.4 Å². The SMILES string of the molecule is Fc1ccc(C2(N3CCNCC3)CCOCC2)cc1. The second-order valence-electron chi connectivity index (χ2n) is 5.39. The summed E-state index contributed by atoms with van der Waals surface area (Å²) in [4.78, 5) is 2.55. The van der Waals surface area contributed by atoms with Crippen molar-refractivity contribution >= 4 is 0 Å². The minimum absolute atomic E-state index is 0.0358. The van der Waals surface area contributed by atoms with Crippen LogP contribution >= 0.6 is 0 Å². The number of hydrogen-bond donors (Lipinski definition) is 1. The average molecular weight is 264 g/mol. The molecule has 4 heteroatoms. The van der Waals surface area contributed by atoms with E-state index in [2.05, 4.69) is 10.2 Å². The molecule has 1 aromatic carbocycles. The van der Waals surface area contributed by atoms with E-state index in [1.165, 1.54) is 5.56 Å². The predicted molar refractivity (Wildman–Crippen MR) is 72.6 cm³/mol. The topological polar surface area (TPSA) is 24.5 Å². The van der Waals surface area contributed by atoms with Crippen molar-refractivity contribution in [1.82, 2.24) is 10.2 Å². The Morgan fingerprint density at radius 2 is 1.68 bits per heavy atom. The van der Waals surface area contributed by atoms with Crippen LogP contribution in [0.4, 0.5) is 4.39 Å². The van der Waals surface area contributed by atoms with Crippen molar-refractivity contribution < 1.29 is 9.13 Å². The smallest absolute Gasteiger partial charge is 0.123 e. The molecule has 2 aliphatic rings. The molecule has 2 fully saturated rings. The summed E-state index contributed by atoms with van der Waals surface area (Å²) < 4.78 is 18.7. The summed E-state index contributed by atoms with van der Waals surface area (Å²) in [5.74, 6) is -0.161. The quantitative estimate of drug-likeness (QED) is 0.880. The minimum atomic E-state index is -0.161. The fourth-order valence-electron chi connectivity index (χ4n) is 3.35. The van der Waals surface area contributed by atoms with Gasteiger partial charge in [0.25, 0.3) is 0 Å². The first-order valence-corrected chi connectivity index (χ1v) is 7.11. The van der Waals surface area contributed by atoms with Gasteiger partial charge in [-0.1, -0.05) is 12.1 Å². The third kappa shape index (κ3) is 2.53. The third-order valence-electron chi connectivity index (χ3n) is 4.42. The molecule has 2 aliphatic heterocycles. The summed E-state index contributed by atoms with van der Waals surface area (Å²) in [6, 6.07) is 7.05. The van der Waals surface area contributed by atoms with E-state index in [1.54, 1.807) is 12.1 Å². The monoisotopic (exact) mass is 264 g/mol. The Kier molecular flexibility index (Phi) is 3.82. The summed E-state index contributed by atoms with van der Waals surface area (Å²) in [5, 5.41) is 3.40. The maximum atomic E-state index is 13.2. The van der Waals surface area contributed by atoms with Crippen LogP contribution in [0.1, 0.15) is 18.4 Å². The maximum absolute atomic E-state index is 13.2. The lowest BCUT2D eigenvalue weighted by Crippen LogP contribution is -2.56. The zero-order valence-electron chi connectivity index (χ0n) is 11.2. The molecule has 0 saturated carbocycles. The normalized spacial score (nSPS) is 24.3. The van der Waals surface area contributed by atoms with Crippen LogP contribution in [-0.4, -0.2) is 44.3 Å². The van der Waals surface area contributed by atoms with Crippen molar-refractivity contribution in [3.05, 3.63) is 35.6 Å².